The van der Waals surface area contributed by atoms with Crippen LogP contribution in [-0.4, -0.2) is 19.9 Å². The molecule has 0 saturated carbocycles. The van der Waals surface area contributed by atoms with E-state index in [4.69, 9.17) is 0 Å². The smallest absolute Gasteiger partial charge is 0.251 e. The van der Waals surface area contributed by atoms with E-state index in [0.29, 0.717) is 10.2 Å². The van der Waals surface area contributed by atoms with Crippen molar-refractivity contribution in [3.63, 3.8) is 0 Å². The molecule has 5 nitrogen and oxygen atoms in total. The van der Waals surface area contributed by atoms with E-state index in [9.17, 15) is 9.18 Å². The topological polar surface area (TPSA) is 71.5 Å². The van der Waals surface area contributed by atoms with Gasteiger partial charge in [0.25, 0.3) is 5.56 Å². The highest BCUT2D eigenvalue weighted by Crippen LogP contribution is 2.20. The van der Waals surface area contributed by atoms with Crippen molar-refractivity contribution in [3.05, 3.63) is 41.0 Å². The molecule has 76 valence electrons. The molecule has 0 saturated heterocycles. The maximum atomic E-state index is 12.7. The highest BCUT2D eigenvalue weighted by molar-refractivity contribution is 7.99. The molecule has 0 aliphatic carbocycles. The Balaban J connectivity index is 2.26. The molecule has 0 radical (unpaired) electrons. The summed E-state index contributed by atoms with van der Waals surface area (Å²) in [6.45, 7) is 0. The second kappa shape index (κ2) is 4.18. The van der Waals surface area contributed by atoms with E-state index in [1.165, 1.54) is 12.3 Å². The van der Waals surface area contributed by atoms with E-state index in [-0.39, 0.29) is 5.56 Å². The third-order valence-electron chi connectivity index (χ3n) is 1.46. The van der Waals surface area contributed by atoms with Crippen LogP contribution in [0.2, 0.25) is 0 Å². The Labute approximate surface area is 87.8 Å². The molecule has 2 rings (SSSR count). The van der Waals surface area contributed by atoms with Gasteiger partial charge in [-0.2, -0.15) is 4.39 Å². The second-order valence-corrected chi connectivity index (χ2v) is 3.53. The Kier molecular flexibility index (Phi) is 2.72. The Morgan fingerprint density at radius 3 is 2.93 bits per heavy atom. The third kappa shape index (κ3) is 2.59. The van der Waals surface area contributed by atoms with Gasteiger partial charge in [-0.3, -0.25) is 4.79 Å². The average Bonchev–Trinajstić information content (AvgIpc) is 2.17. The predicted octanol–water partition coefficient (Wildman–Crippen LogP) is 0.850. The Bertz CT molecular complexity index is 530. The molecule has 0 amide bonds. The molecule has 0 aliphatic rings. The molecule has 0 aromatic carbocycles. The van der Waals surface area contributed by atoms with Gasteiger partial charge in [0.05, 0.1) is 0 Å². The molecule has 0 aliphatic heterocycles. The van der Waals surface area contributed by atoms with Gasteiger partial charge in [0, 0.05) is 18.3 Å². The molecule has 0 spiro atoms. The van der Waals surface area contributed by atoms with Gasteiger partial charge in [0.1, 0.15) is 11.4 Å². The normalized spacial score (nSPS) is 10.2. The highest BCUT2D eigenvalue weighted by atomic mass is 32.2. The number of nitrogens with one attached hydrogen (secondary N) is 1. The molecule has 15 heavy (non-hydrogen) atoms. The van der Waals surface area contributed by atoms with Crippen LogP contribution in [0.4, 0.5) is 4.39 Å². The minimum atomic E-state index is -0.620. The highest BCUT2D eigenvalue weighted by Gasteiger charge is 2.02. The SMILES string of the molecule is O=c1ccnc(Sc2cc(F)ncn2)[nH]1. The van der Waals surface area contributed by atoms with Gasteiger partial charge in [-0.05, 0) is 11.8 Å². The molecule has 2 aromatic rings. The fraction of sp³-hybridized carbons (Fsp3) is 0. The lowest BCUT2D eigenvalue weighted by Gasteiger charge is -1.97. The number of H-pyrrole nitrogens is 1. The standard InChI is InChI=1S/C8H5FN4OS/c9-5-3-7(12-4-11-5)15-8-10-2-1-6(14)13-8/h1-4H,(H,10,13,14). The van der Waals surface area contributed by atoms with Crippen molar-refractivity contribution in [2.24, 2.45) is 0 Å². The van der Waals surface area contributed by atoms with Crippen LogP contribution in [-0.2, 0) is 0 Å². The summed E-state index contributed by atoms with van der Waals surface area (Å²) in [6.07, 6.45) is 2.48. The number of aromatic amines is 1. The lowest BCUT2D eigenvalue weighted by atomic mass is 10.7. The number of nitrogens with zero attached hydrogens (tertiary/aromatic N) is 3. The van der Waals surface area contributed by atoms with Crippen LogP contribution in [0.1, 0.15) is 0 Å². The summed E-state index contributed by atoms with van der Waals surface area (Å²) in [4.78, 5) is 24.4. The zero-order chi connectivity index (χ0) is 10.7. The summed E-state index contributed by atoms with van der Waals surface area (Å²) in [5.74, 6) is -0.620. The number of rotatable bonds is 2. The van der Waals surface area contributed by atoms with E-state index >= 15 is 0 Å². The van der Waals surface area contributed by atoms with Gasteiger partial charge in [0.15, 0.2) is 5.16 Å². The first-order chi connectivity index (χ1) is 7.24. The minimum Gasteiger partial charge on any atom is -0.301 e. The van der Waals surface area contributed by atoms with Crippen molar-refractivity contribution in [3.8, 4) is 0 Å². The lowest BCUT2D eigenvalue weighted by molar-refractivity contribution is 0.572. The number of hydrogen-bond acceptors (Lipinski definition) is 5. The van der Waals surface area contributed by atoms with Gasteiger partial charge in [-0.1, -0.05) is 0 Å². The van der Waals surface area contributed by atoms with Gasteiger partial charge >= 0.3 is 0 Å². The van der Waals surface area contributed by atoms with Crippen LogP contribution in [0.5, 0.6) is 0 Å². The quantitative estimate of drug-likeness (QED) is 0.604. The van der Waals surface area contributed by atoms with E-state index < -0.39 is 5.95 Å². The van der Waals surface area contributed by atoms with Crippen LogP contribution in [0, 0.1) is 5.95 Å². The molecule has 7 heteroatoms. The van der Waals surface area contributed by atoms with Crippen molar-refractivity contribution >= 4 is 11.8 Å². The van der Waals surface area contributed by atoms with Crippen LogP contribution in [0.15, 0.2) is 39.6 Å². The molecule has 0 atom stereocenters. The summed E-state index contributed by atoms with van der Waals surface area (Å²) >= 11 is 1.06. The van der Waals surface area contributed by atoms with Crippen molar-refractivity contribution in [1.29, 1.82) is 0 Å². The van der Waals surface area contributed by atoms with E-state index in [1.807, 2.05) is 0 Å². The largest absolute Gasteiger partial charge is 0.301 e. The van der Waals surface area contributed by atoms with Crippen molar-refractivity contribution in [1.82, 2.24) is 19.9 Å². The number of hydrogen-bond donors (Lipinski definition) is 1. The van der Waals surface area contributed by atoms with Crippen LogP contribution in [0.3, 0.4) is 0 Å². The first-order valence-corrected chi connectivity index (χ1v) is 4.76. The molecule has 0 unspecified atom stereocenters. The first kappa shape index (κ1) is 9.78. The van der Waals surface area contributed by atoms with Crippen molar-refractivity contribution in [2.45, 2.75) is 10.2 Å². The fourth-order valence-corrected chi connectivity index (χ4v) is 1.60. The maximum absolute atomic E-state index is 12.7. The molecular weight excluding hydrogens is 219 g/mol. The predicted molar refractivity (Wildman–Crippen MR) is 51.0 cm³/mol. The molecule has 2 aromatic heterocycles. The average molecular weight is 224 g/mol. The fourth-order valence-electron chi connectivity index (χ4n) is 0.876. The molecular formula is C8H5FN4OS. The monoisotopic (exact) mass is 224 g/mol. The zero-order valence-electron chi connectivity index (χ0n) is 7.35. The van der Waals surface area contributed by atoms with Gasteiger partial charge in [0.2, 0.25) is 5.95 Å². The van der Waals surface area contributed by atoms with E-state index in [0.717, 1.165) is 24.2 Å². The Hall–Kier alpha value is -1.76. The number of halogens is 1. The van der Waals surface area contributed by atoms with Crippen molar-refractivity contribution in [2.75, 3.05) is 0 Å². The molecule has 0 fully saturated rings. The van der Waals surface area contributed by atoms with Gasteiger partial charge in [-0.25, -0.2) is 15.0 Å². The van der Waals surface area contributed by atoms with E-state index in [1.54, 1.807) is 0 Å². The second-order valence-electron chi connectivity index (χ2n) is 2.52. The van der Waals surface area contributed by atoms with Crippen LogP contribution in [0.25, 0.3) is 0 Å². The summed E-state index contributed by atoms with van der Waals surface area (Å²) in [6, 6.07) is 2.46. The summed E-state index contributed by atoms with van der Waals surface area (Å²) in [5, 5.41) is 0.748. The first-order valence-electron chi connectivity index (χ1n) is 3.95. The van der Waals surface area contributed by atoms with Gasteiger partial charge in [-0.15, -0.1) is 0 Å². The van der Waals surface area contributed by atoms with Gasteiger partial charge < -0.3 is 4.98 Å². The summed E-state index contributed by atoms with van der Waals surface area (Å²) in [5.41, 5.74) is -0.262. The zero-order valence-corrected chi connectivity index (χ0v) is 8.16. The maximum Gasteiger partial charge on any atom is 0.251 e. The van der Waals surface area contributed by atoms with Crippen LogP contribution >= 0.6 is 11.8 Å². The van der Waals surface area contributed by atoms with Crippen molar-refractivity contribution < 1.29 is 4.39 Å². The number of aromatic nitrogens is 4. The third-order valence-corrected chi connectivity index (χ3v) is 2.29. The Morgan fingerprint density at radius 2 is 2.20 bits per heavy atom. The van der Waals surface area contributed by atoms with Crippen LogP contribution < -0.4 is 5.56 Å². The molecule has 0 bridgehead atoms. The summed E-state index contributed by atoms with van der Waals surface area (Å²) in [7, 11) is 0. The Morgan fingerprint density at radius 1 is 1.33 bits per heavy atom. The minimum absolute atomic E-state index is 0.262. The van der Waals surface area contributed by atoms with E-state index in [2.05, 4.69) is 19.9 Å². The summed E-state index contributed by atoms with van der Waals surface area (Å²) < 4.78 is 12.7. The lowest BCUT2D eigenvalue weighted by Crippen LogP contribution is -2.05. The molecule has 2 heterocycles. The molecule has 1 N–H and O–H groups in total.